The van der Waals surface area contributed by atoms with E-state index in [2.05, 4.69) is 14.8 Å². The number of aldehydes is 1. The van der Waals surface area contributed by atoms with Crippen LogP contribution in [-0.4, -0.2) is 39.7 Å². The second-order valence-electron chi connectivity index (χ2n) is 6.38. The number of nitrogens with zero attached hydrogens (tertiary/aromatic N) is 3. The number of hydrogen-bond donors (Lipinski definition) is 0. The van der Waals surface area contributed by atoms with Gasteiger partial charge in [-0.1, -0.05) is 46.8 Å². The first-order valence-corrected chi connectivity index (χ1v) is 10.5. The van der Waals surface area contributed by atoms with Gasteiger partial charge in [0.1, 0.15) is 11.4 Å². The molecule has 0 aliphatic heterocycles. The van der Waals surface area contributed by atoms with E-state index in [1.54, 1.807) is 37.3 Å². The highest BCUT2D eigenvalue weighted by molar-refractivity contribution is 5.96. The third-order valence-electron chi connectivity index (χ3n) is 4.38. The van der Waals surface area contributed by atoms with Crippen LogP contribution in [0.3, 0.4) is 0 Å². The van der Waals surface area contributed by atoms with Gasteiger partial charge in [-0.3, -0.25) is 9.59 Å². The Hall–Kier alpha value is -3.35. The van der Waals surface area contributed by atoms with E-state index in [1.165, 1.54) is 17.7 Å². The molecular weight excluding hydrogens is 394 g/mol. The van der Waals surface area contributed by atoms with Crippen LogP contribution in [0.2, 0.25) is 0 Å². The fourth-order valence-corrected chi connectivity index (χ4v) is 2.91. The molecule has 1 atom stereocenters. The second-order valence-corrected chi connectivity index (χ2v) is 6.38. The Morgan fingerprint density at radius 2 is 1.74 bits per heavy atom. The van der Waals surface area contributed by atoms with E-state index in [4.69, 9.17) is 0 Å². The standard InChI is InChI=1S/C20H19N3O4.2C2H6.H2/c1-12(14-4-6-15(7-5-14)20(26)27-3)8-18(25)17-10-16(11-24)23-19(21-17)9-13(2)22-23;2*1-2;/h4-7,9-12H,8H2,1-3H3;2*1-2H3;1H/t12-;;;/m1.../s1. The Balaban J connectivity index is 0.00000182. The van der Waals surface area contributed by atoms with Gasteiger partial charge in [0.15, 0.2) is 17.7 Å². The highest BCUT2D eigenvalue weighted by atomic mass is 16.5. The van der Waals surface area contributed by atoms with Crippen molar-refractivity contribution in [3.63, 3.8) is 0 Å². The van der Waals surface area contributed by atoms with Gasteiger partial charge in [-0.2, -0.15) is 5.10 Å². The maximum absolute atomic E-state index is 12.7. The number of carbonyl (C=O) groups is 3. The molecule has 3 rings (SSSR count). The summed E-state index contributed by atoms with van der Waals surface area (Å²) in [5.41, 5.74) is 3.09. The number of rotatable bonds is 6. The summed E-state index contributed by atoms with van der Waals surface area (Å²) in [6, 6.07) is 10.1. The predicted molar refractivity (Wildman–Crippen MR) is 123 cm³/mol. The van der Waals surface area contributed by atoms with E-state index < -0.39 is 5.97 Å². The molecule has 0 saturated heterocycles. The van der Waals surface area contributed by atoms with Gasteiger partial charge in [-0.15, -0.1) is 0 Å². The summed E-state index contributed by atoms with van der Waals surface area (Å²) in [6.45, 7) is 11.7. The van der Waals surface area contributed by atoms with Gasteiger partial charge >= 0.3 is 5.97 Å². The third-order valence-corrected chi connectivity index (χ3v) is 4.38. The van der Waals surface area contributed by atoms with Crippen LogP contribution in [-0.2, 0) is 4.74 Å². The fourth-order valence-electron chi connectivity index (χ4n) is 2.91. The van der Waals surface area contributed by atoms with Gasteiger partial charge in [0, 0.05) is 13.9 Å². The fraction of sp³-hybridized carbons (Fsp3) is 0.375. The first-order valence-electron chi connectivity index (χ1n) is 10.5. The van der Waals surface area contributed by atoms with Crippen LogP contribution in [0, 0.1) is 6.92 Å². The van der Waals surface area contributed by atoms with Crippen LogP contribution in [0.25, 0.3) is 5.65 Å². The quantitative estimate of drug-likeness (QED) is 0.301. The van der Waals surface area contributed by atoms with Crippen molar-refractivity contribution in [2.75, 3.05) is 7.11 Å². The first-order chi connectivity index (χ1) is 14.9. The number of fused-ring (bicyclic) bond motifs is 1. The van der Waals surface area contributed by atoms with Crippen LogP contribution < -0.4 is 0 Å². The molecule has 0 bridgehead atoms. The average Bonchev–Trinajstić information content (AvgIpc) is 3.20. The van der Waals surface area contributed by atoms with Gasteiger partial charge in [-0.05, 0) is 36.6 Å². The predicted octanol–water partition coefficient (Wildman–Crippen LogP) is 5.31. The van der Waals surface area contributed by atoms with Crippen molar-refractivity contribution >= 4 is 23.7 Å². The number of esters is 1. The Morgan fingerprint density at radius 3 is 2.29 bits per heavy atom. The molecule has 0 saturated carbocycles. The van der Waals surface area contributed by atoms with Gasteiger partial charge in [0.05, 0.1) is 18.4 Å². The van der Waals surface area contributed by atoms with E-state index >= 15 is 0 Å². The Kier molecular flexibility index (Phi) is 10.2. The summed E-state index contributed by atoms with van der Waals surface area (Å²) in [5, 5.41) is 4.20. The number of benzene rings is 1. The SMILES string of the molecule is CC.CC.COC(=O)c1ccc([C@H](C)CC(=O)c2cc(C=O)n3nc(C)cc3n2)cc1.[HH]. The first kappa shape index (κ1) is 25.7. The molecule has 0 N–H and O–H groups in total. The summed E-state index contributed by atoms with van der Waals surface area (Å²) < 4.78 is 6.11. The molecule has 0 fully saturated rings. The number of Topliss-reactive ketones (excluding diaryl/α,β-unsaturated/α-hetero) is 1. The minimum absolute atomic E-state index is 0. The molecular formula is C24H33N3O4. The van der Waals surface area contributed by atoms with Crippen molar-refractivity contribution in [1.29, 1.82) is 0 Å². The topological polar surface area (TPSA) is 90.6 Å². The van der Waals surface area contributed by atoms with E-state index in [-0.39, 0.29) is 30.9 Å². The number of methoxy groups -OCH3 is 1. The molecule has 0 spiro atoms. The average molecular weight is 428 g/mol. The largest absolute Gasteiger partial charge is 0.465 e. The number of aryl methyl sites for hydroxylation is 1. The molecule has 2 heterocycles. The van der Waals surface area contributed by atoms with Crippen molar-refractivity contribution in [3.8, 4) is 0 Å². The lowest BCUT2D eigenvalue weighted by molar-refractivity contribution is 0.0600. The lowest BCUT2D eigenvalue weighted by atomic mass is 9.94. The van der Waals surface area contributed by atoms with Gasteiger partial charge in [-0.25, -0.2) is 14.3 Å². The van der Waals surface area contributed by atoms with E-state index in [9.17, 15) is 14.4 Å². The summed E-state index contributed by atoms with van der Waals surface area (Å²) in [5.74, 6) is -0.641. The zero-order chi connectivity index (χ0) is 23.6. The summed E-state index contributed by atoms with van der Waals surface area (Å²) in [7, 11) is 1.33. The van der Waals surface area contributed by atoms with Crippen molar-refractivity contribution in [1.82, 2.24) is 14.6 Å². The Morgan fingerprint density at radius 1 is 1.13 bits per heavy atom. The van der Waals surface area contributed by atoms with Gasteiger partial charge in [0.2, 0.25) is 0 Å². The van der Waals surface area contributed by atoms with Gasteiger partial charge < -0.3 is 4.74 Å². The summed E-state index contributed by atoms with van der Waals surface area (Å²) in [4.78, 5) is 39.8. The van der Waals surface area contributed by atoms with Crippen LogP contribution in [0.15, 0.2) is 36.4 Å². The van der Waals surface area contributed by atoms with E-state index in [0.717, 1.165) is 5.56 Å². The maximum Gasteiger partial charge on any atom is 0.337 e. The molecule has 31 heavy (non-hydrogen) atoms. The minimum Gasteiger partial charge on any atom is -0.465 e. The highest BCUT2D eigenvalue weighted by Gasteiger charge is 2.17. The number of aromatic nitrogens is 3. The second kappa shape index (κ2) is 12.4. The molecule has 0 aliphatic rings. The van der Waals surface area contributed by atoms with Crippen molar-refractivity contribution < 1.29 is 20.5 Å². The van der Waals surface area contributed by atoms with E-state index in [0.29, 0.717) is 23.2 Å². The molecule has 0 aliphatic carbocycles. The molecule has 2 aromatic heterocycles. The number of ether oxygens (including phenoxy) is 1. The van der Waals surface area contributed by atoms with Crippen molar-refractivity contribution in [3.05, 3.63) is 64.6 Å². The molecule has 3 aromatic rings. The van der Waals surface area contributed by atoms with Crippen LogP contribution >= 0.6 is 0 Å². The zero-order valence-electron chi connectivity index (χ0n) is 19.3. The lowest BCUT2D eigenvalue weighted by Crippen LogP contribution is -2.11. The smallest absolute Gasteiger partial charge is 0.337 e. The highest BCUT2D eigenvalue weighted by Crippen LogP contribution is 2.22. The van der Waals surface area contributed by atoms with Crippen molar-refractivity contribution in [2.24, 2.45) is 0 Å². The molecule has 7 nitrogen and oxygen atoms in total. The number of ketones is 1. The van der Waals surface area contributed by atoms with E-state index in [1.807, 2.05) is 34.6 Å². The van der Waals surface area contributed by atoms with Gasteiger partial charge in [0.25, 0.3) is 0 Å². The third kappa shape index (κ3) is 6.31. The van der Waals surface area contributed by atoms with Crippen LogP contribution in [0.5, 0.6) is 0 Å². The van der Waals surface area contributed by atoms with Crippen molar-refractivity contribution in [2.45, 2.75) is 53.9 Å². The summed E-state index contributed by atoms with van der Waals surface area (Å²) >= 11 is 0. The Labute approximate surface area is 184 Å². The summed E-state index contributed by atoms with van der Waals surface area (Å²) in [6.07, 6.45) is 0.888. The molecule has 7 heteroatoms. The minimum atomic E-state index is -0.403. The molecule has 0 amide bonds. The zero-order valence-corrected chi connectivity index (χ0v) is 19.3. The molecule has 1 aromatic carbocycles. The lowest BCUT2D eigenvalue weighted by Gasteiger charge is -2.12. The van der Waals surface area contributed by atoms with Crippen LogP contribution in [0.4, 0.5) is 0 Å². The maximum atomic E-state index is 12.7. The normalized spacial score (nSPS) is 10.8. The number of carbonyl (C=O) groups excluding carboxylic acids is 3. The monoisotopic (exact) mass is 427 g/mol. The molecule has 0 radical (unpaired) electrons. The van der Waals surface area contributed by atoms with Crippen LogP contribution in [0.1, 0.15) is 91.0 Å². The molecule has 168 valence electrons. The Bertz CT molecular complexity index is 1030. The molecule has 0 unspecified atom stereocenters. The number of hydrogen-bond acceptors (Lipinski definition) is 6.